The van der Waals surface area contributed by atoms with Gasteiger partial charge in [0.1, 0.15) is 5.69 Å². The number of amides is 1. The van der Waals surface area contributed by atoms with E-state index in [-0.39, 0.29) is 16.9 Å². The molecule has 24 heavy (non-hydrogen) atoms. The quantitative estimate of drug-likeness (QED) is 0.873. The van der Waals surface area contributed by atoms with Crippen LogP contribution in [0.4, 0.5) is 0 Å². The van der Waals surface area contributed by atoms with Crippen molar-refractivity contribution >= 4 is 5.91 Å². The Hall–Kier alpha value is -2.40. The smallest absolute Gasteiger partial charge is 0.270 e. The highest BCUT2D eigenvalue weighted by Crippen LogP contribution is 2.41. The first-order chi connectivity index (χ1) is 11.7. The second-order valence-corrected chi connectivity index (χ2v) is 6.48. The number of piperidine rings is 1. The van der Waals surface area contributed by atoms with Crippen molar-refractivity contribution in [1.82, 2.24) is 9.88 Å². The Morgan fingerprint density at radius 2 is 1.96 bits per heavy atom. The molecule has 1 amide bonds. The molecule has 0 bridgehead atoms. The van der Waals surface area contributed by atoms with Crippen molar-refractivity contribution in [1.29, 1.82) is 0 Å². The lowest BCUT2D eigenvalue weighted by Crippen LogP contribution is -2.48. The summed E-state index contributed by atoms with van der Waals surface area (Å²) in [5.74, 6) is -0.119. The van der Waals surface area contributed by atoms with E-state index in [1.165, 1.54) is 29.5 Å². The van der Waals surface area contributed by atoms with Crippen molar-refractivity contribution in [3.05, 3.63) is 69.6 Å². The van der Waals surface area contributed by atoms with Crippen LogP contribution in [0.5, 0.6) is 0 Å². The standard InChI is InChI=1S/C19H20N2O3/c22-15-5-9-20-17(13-15)18(23)21-10-7-19(8-11-21)16-4-2-1-3-14(16)6-12-24-19/h1-5,9,13H,6-8,10-12H2,(H,20,22). The lowest BCUT2D eigenvalue weighted by molar-refractivity contribution is -0.0935. The van der Waals surface area contributed by atoms with Crippen molar-refractivity contribution in [3.63, 3.8) is 0 Å². The van der Waals surface area contributed by atoms with Gasteiger partial charge >= 0.3 is 0 Å². The molecule has 0 aliphatic carbocycles. The van der Waals surface area contributed by atoms with Gasteiger partial charge in [-0.25, -0.2) is 0 Å². The van der Waals surface area contributed by atoms with Crippen LogP contribution in [0, 0.1) is 0 Å². The van der Waals surface area contributed by atoms with Crippen LogP contribution in [-0.4, -0.2) is 35.5 Å². The van der Waals surface area contributed by atoms with Crippen molar-refractivity contribution < 1.29 is 9.53 Å². The Kier molecular flexibility index (Phi) is 3.73. The van der Waals surface area contributed by atoms with E-state index in [1.54, 1.807) is 4.90 Å². The van der Waals surface area contributed by atoms with Crippen LogP contribution in [0.15, 0.2) is 47.4 Å². The van der Waals surface area contributed by atoms with Crippen molar-refractivity contribution in [2.75, 3.05) is 19.7 Å². The second-order valence-electron chi connectivity index (χ2n) is 6.48. The van der Waals surface area contributed by atoms with E-state index in [1.807, 2.05) is 0 Å². The predicted octanol–water partition coefficient (Wildman–Crippen LogP) is 2.08. The van der Waals surface area contributed by atoms with Gasteiger partial charge in [-0.1, -0.05) is 24.3 Å². The average molecular weight is 324 g/mol. The number of carbonyl (C=O) groups is 1. The van der Waals surface area contributed by atoms with Crippen LogP contribution < -0.4 is 5.43 Å². The van der Waals surface area contributed by atoms with Gasteiger partial charge in [0.05, 0.1) is 12.2 Å². The van der Waals surface area contributed by atoms with E-state index in [9.17, 15) is 9.59 Å². The molecule has 1 N–H and O–H groups in total. The summed E-state index contributed by atoms with van der Waals surface area (Å²) < 4.78 is 6.19. The van der Waals surface area contributed by atoms with Gasteiger partial charge in [0.25, 0.3) is 5.91 Å². The number of nitrogens with one attached hydrogen (secondary N) is 1. The number of carbonyl (C=O) groups excluding carboxylic acids is 1. The van der Waals surface area contributed by atoms with E-state index >= 15 is 0 Å². The number of rotatable bonds is 1. The first-order valence-corrected chi connectivity index (χ1v) is 8.38. The van der Waals surface area contributed by atoms with E-state index in [2.05, 4.69) is 29.2 Å². The van der Waals surface area contributed by atoms with Gasteiger partial charge in [-0.15, -0.1) is 0 Å². The molecule has 3 heterocycles. The number of H-pyrrole nitrogens is 1. The number of benzene rings is 1. The van der Waals surface area contributed by atoms with Gasteiger partial charge in [-0.05, 0) is 30.4 Å². The van der Waals surface area contributed by atoms with E-state index in [4.69, 9.17) is 4.74 Å². The molecule has 0 unspecified atom stereocenters. The molecule has 2 aromatic rings. The minimum atomic E-state index is -0.268. The van der Waals surface area contributed by atoms with Crippen LogP contribution in [0.25, 0.3) is 0 Å². The molecule has 1 spiro atoms. The summed E-state index contributed by atoms with van der Waals surface area (Å²) in [6.45, 7) is 1.99. The van der Waals surface area contributed by atoms with E-state index in [0.717, 1.165) is 25.9 Å². The number of aromatic amines is 1. The Bertz CT molecular complexity index is 819. The summed E-state index contributed by atoms with van der Waals surface area (Å²) >= 11 is 0. The van der Waals surface area contributed by atoms with Gasteiger partial charge in [0, 0.05) is 31.4 Å². The third kappa shape index (κ3) is 2.55. The molecule has 1 fully saturated rings. The zero-order valence-corrected chi connectivity index (χ0v) is 13.5. The molecule has 5 heteroatoms. The zero-order valence-electron chi connectivity index (χ0n) is 13.5. The van der Waals surface area contributed by atoms with Crippen LogP contribution in [0.3, 0.4) is 0 Å². The molecule has 4 rings (SSSR count). The van der Waals surface area contributed by atoms with Crippen LogP contribution in [0.2, 0.25) is 0 Å². The maximum Gasteiger partial charge on any atom is 0.270 e. The van der Waals surface area contributed by atoms with Crippen molar-refractivity contribution in [3.8, 4) is 0 Å². The lowest BCUT2D eigenvalue weighted by atomic mass is 9.79. The van der Waals surface area contributed by atoms with Crippen molar-refractivity contribution in [2.24, 2.45) is 0 Å². The predicted molar refractivity (Wildman–Crippen MR) is 90.0 cm³/mol. The maximum atomic E-state index is 12.6. The summed E-state index contributed by atoms with van der Waals surface area (Å²) in [4.78, 5) is 28.7. The zero-order chi connectivity index (χ0) is 16.6. The highest BCUT2D eigenvalue weighted by atomic mass is 16.5. The third-order valence-electron chi connectivity index (χ3n) is 5.12. The number of hydrogen-bond donors (Lipinski definition) is 1. The number of pyridine rings is 1. The molecule has 5 nitrogen and oxygen atoms in total. The molecule has 0 saturated carbocycles. The number of aromatic nitrogens is 1. The highest BCUT2D eigenvalue weighted by Gasteiger charge is 2.41. The number of hydrogen-bond acceptors (Lipinski definition) is 3. The topological polar surface area (TPSA) is 62.4 Å². The number of fused-ring (bicyclic) bond motifs is 2. The Morgan fingerprint density at radius 3 is 2.75 bits per heavy atom. The maximum absolute atomic E-state index is 12.6. The van der Waals surface area contributed by atoms with Crippen LogP contribution >= 0.6 is 0 Å². The molecule has 1 aromatic heterocycles. The summed E-state index contributed by atoms with van der Waals surface area (Å²) in [5, 5.41) is 0. The summed E-state index contributed by atoms with van der Waals surface area (Å²) in [6.07, 6.45) is 4.03. The van der Waals surface area contributed by atoms with E-state index in [0.29, 0.717) is 18.8 Å². The Labute approximate surface area is 140 Å². The van der Waals surface area contributed by atoms with Gasteiger partial charge in [-0.3, -0.25) is 9.59 Å². The van der Waals surface area contributed by atoms with Crippen LogP contribution in [0.1, 0.15) is 34.5 Å². The minimum Gasteiger partial charge on any atom is -0.370 e. The molecule has 0 radical (unpaired) electrons. The molecular formula is C19H20N2O3. The average Bonchev–Trinajstić information content (AvgIpc) is 2.62. The fourth-order valence-electron chi connectivity index (χ4n) is 3.84. The third-order valence-corrected chi connectivity index (χ3v) is 5.12. The fourth-order valence-corrected chi connectivity index (χ4v) is 3.84. The fraction of sp³-hybridized carbons (Fsp3) is 0.368. The minimum absolute atomic E-state index is 0.119. The first kappa shape index (κ1) is 15.1. The lowest BCUT2D eigenvalue weighted by Gasteiger charge is -2.45. The van der Waals surface area contributed by atoms with Gasteiger partial charge in [-0.2, -0.15) is 0 Å². The molecule has 1 saturated heterocycles. The molecular weight excluding hydrogens is 304 g/mol. The van der Waals surface area contributed by atoms with Crippen LogP contribution in [-0.2, 0) is 16.8 Å². The first-order valence-electron chi connectivity index (χ1n) is 8.38. The SMILES string of the molecule is O=C(c1cc(=O)cc[nH]1)N1CCC2(CC1)OCCc1ccccc12. The highest BCUT2D eigenvalue weighted by molar-refractivity contribution is 5.92. The second kappa shape index (κ2) is 5.91. The molecule has 0 atom stereocenters. The largest absolute Gasteiger partial charge is 0.370 e. The van der Waals surface area contributed by atoms with E-state index < -0.39 is 0 Å². The summed E-state index contributed by atoms with van der Waals surface area (Å²) in [6, 6.07) is 11.2. The van der Waals surface area contributed by atoms with Gasteiger partial charge < -0.3 is 14.6 Å². The normalized spacial score (nSPS) is 19.1. The van der Waals surface area contributed by atoms with Crippen molar-refractivity contribution in [2.45, 2.75) is 24.9 Å². The number of ether oxygens (including phenoxy) is 1. The number of nitrogens with zero attached hydrogens (tertiary/aromatic N) is 1. The molecule has 124 valence electrons. The molecule has 2 aliphatic rings. The summed E-state index contributed by atoms with van der Waals surface area (Å²) in [7, 11) is 0. The molecule has 1 aromatic carbocycles. The summed E-state index contributed by atoms with van der Waals surface area (Å²) in [5.41, 5.74) is 2.56. The molecule has 2 aliphatic heterocycles. The van der Waals surface area contributed by atoms with Gasteiger partial charge in [0.15, 0.2) is 5.43 Å². The Morgan fingerprint density at radius 1 is 1.17 bits per heavy atom. The monoisotopic (exact) mass is 324 g/mol. The number of likely N-dealkylation sites (tertiary alicyclic amines) is 1. The van der Waals surface area contributed by atoms with Gasteiger partial charge in [0.2, 0.25) is 0 Å². The Balaban J connectivity index is 1.54.